The number of aliphatic hydroxyl groups excluding tert-OH is 1. The second-order valence-electron chi connectivity index (χ2n) is 4.85. The monoisotopic (exact) mass is 261 g/mol. The van der Waals surface area contributed by atoms with Crippen LogP contribution in [0, 0.1) is 5.82 Å². The smallest absolute Gasteiger partial charge is 0.125 e. The molecule has 19 heavy (non-hydrogen) atoms. The van der Waals surface area contributed by atoms with E-state index in [1.54, 1.807) is 24.7 Å². The van der Waals surface area contributed by atoms with Gasteiger partial charge in [0.2, 0.25) is 0 Å². The molecule has 1 aromatic carbocycles. The van der Waals surface area contributed by atoms with Crippen LogP contribution in [-0.4, -0.2) is 21.3 Å². The highest BCUT2D eigenvalue weighted by Crippen LogP contribution is 2.37. The third-order valence-corrected chi connectivity index (χ3v) is 3.34. The van der Waals surface area contributed by atoms with Gasteiger partial charge >= 0.3 is 0 Å². The van der Waals surface area contributed by atoms with Gasteiger partial charge in [0.1, 0.15) is 5.82 Å². The van der Waals surface area contributed by atoms with E-state index in [-0.39, 0.29) is 18.5 Å². The zero-order chi connectivity index (χ0) is 13.2. The van der Waals surface area contributed by atoms with Crippen molar-refractivity contribution >= 4 is 5.69 Å². The molecule has 5 heteroatoms. The molecule has 1 aromatic heterocycles. The first-order valence-electron chi connectivity index (χ1n) is 6.42. The molecular weight excluding hydrogens is 245 g/mol. The number of hydrogen-bond donors (Lipinski definition) is 2. The van der Waals surface area contributed by atoms with Gasteiger partial charge in [-0.3, -0.25) is 0 Å². The Balaban J connectivity index is 1.82. The number of aliphatic hydroxyl groups is 1. The van der Waals surface area contributed by atoms with Crippen molar-refractivity contribution in [3.8, 4) is 0 Å². The molecule has 0 radical (unpaired) electrons. The standard InChI is InChI=1S/C14H16FN3O/c15-10-2-1-3-11(6-10)17-13(8-19)14-7-16-9-18(14)12-4-5-12/h1-3,6-7,9,12-13,17,19H,4-5,8H2. The average molecular weight is 261 g/mol. The molecule has 1 unspecified atom stereocenters. The lowest BCUT2D eigenvalue weighted by atomic mass is 10.2. The van der Waals surface area contributed by atoms with Crippen LogP contribution in [0.3, 0.4) is 0 Å². The summed E-state index contributed by atoms with van der Waals surface area (Å²) in [7, 11) is 0. The lowest BCUT2D eigenvalue weighted by Gasteiger charge is -2.19. The lowest BCUT2D eigenvalue weighted by molar-refractivity contribution is 0.272. The van der Waals surface area contributed by atoms with Gasteiger partial charge in [0, 0.05) is 11.7 Å². The molecule has 1 fully saturated rings. The minimum atomic E-state index is -0.294. The molecular formula is C14H16FN3O. The van der Waals surface area contributed by atoms with E-state index in [2.05, 4.69) is 14.9 Å². The highest BCUT2D eigenvalue weighted by atomic mass is 19.1. The number of anilines is 1. The van der Waals surface area contributed by atoms with Crippen LogP contribution >= 0.6 is 0 Å². The molecule has 0 amide bonds. The van der Waals surface area contributed by atoms with Crippen LogP contribution in [0.25, 0.3) is 0 Å². The number of halogens is 1. The second kappa shape index (κ2) is 5.01. The summed E-state index contributed by atoms with van der Waals surface area (Å²) in [5.41, 5.74) is 1.59. The summed E-state index contributed by atoms with van der Waals surface area (Å²) in [6.07, 6.45) is 5.86. The van der Waals surface area contributed by atoms with Gasteiger partial charge in [-0.2, -0.15) is 0 Å². The van der Waals surface area contributed by atoms with Gasteiger partial charge in [0.15, 0.2) is 0 Å². The van der Waals surface area contributed by atoms with E-state index >= 15 is 0 Å². The Labute approximate surface area is 110 Å². The fraction of sp³-hybridized carbons (Fsp3) is 0.357. The van der Waals surface area contributed by atoms with Crippen molar-refractivity contribution < 1.29 is 9.50 Å². The van der Waals surface area contributed by atoms with E-state index in [0.29, 0.717) is 11.7 Å². The van der Waals surface area contributed by atoms with E-state index < -0.39 is 0 Å². The maximum absolute atomic E-state index is 13.2. The van der Waals surface area contributed by atoms with Gasteiger partial charge in [-0.15, -0.1) is 0 Å². The Hall–Kier alpha value is -1.88. The van der Waals surface area contributed by atoms with E-state index in [0.717, 1.165) is 18.5 Å². The fourth-order valence-corrected chi connectivity index (χ4v) is 2.24. The molecule has 0 aliphatic heterocycles. The van der Waals surface area contributed by atoms with Crippen molar-refractivity contribution in [2.75, 3.05) is 11.9 Å². The molecule has 0 spiro atoms. The third-order valence-electron chi connectivity index (χ3n) is 3.34. The van der Waals surface area contributed by atoms with Gasteiger partial charge in [0.25, 0.3) is 0 Å². The predicted octanol–water partition coefficient (Wildman–Crippen LogP) is 2.50. The molecule has 1 aliphatic carbocycles. The first-order valence-corrected chi connectivity index (χ1v) is 6.42. The maximum atomic E-state index is 13.2. The highest BCUT2D eigenvalue weighted by molar-refractivity contribution is 5.45. The number of aromatic nitrogens is 2. The minimum Gasteiger partial charge on any atom is -0.394 e. The molecule has 1 saturated carbocycles. The lowest BCUT2D eigenvalue weighted by Crippen LogP contribution is -2.18. The molecule has 2 N–H and O–H groups in total. The molecule has 2 aromatic rings. The predicted molar refractivity (Wildman–Crippen MR) is 70.3 cm³/mol. The fourth-order valence-electron chi connectivity index (χ4n) is 2.24. The van der Waals surface area contributed by atoms with Gasteiger partial charge in [-0.25, -0.2) is 9.37 Å². The van der Waals surface area contributed by atoms with Gasteiger partial charge in [0.05, 0.1) is 30.9 Å². The summed E-state index contributed by atoms with van der Waals surface area (Å²) in [6.45, 7) is -0.0606. The summed E-state index contributed by atoms with van der Waals surface area (Å²) < 4.78 is 15.3. The van der Waals surface area contributed by atoms with E-state index in [4.69, 9.17) is 0 Å². The third kappa shape index (κ3) is 2.61. The largest absolute Gasteiger partial charge is 0.394 e. The topological polar surface area (TPSA) is 50.1 Å². The van der Waals surface area contributed by atoms with E-state index in [1.807, 2.05) is 0 Å². The van der Waals surface area contributed by atoms with Crippen LogP contribution in [0.5, 0.6) is 0 Å². The van der Waals surface area contributed by atoms with Crippen molar-refractivity contribution in [2.24, 2.45) is 0 Å². The Bertz CT molecular complexity index is 565. The van der Waals surface area contributed by atoms with Gasteiger partial charge in [-0.1, -0.05) is 6.07 Å². The maximum Gasteiger partial charge on any atom is 0.125 e. The Morgan fingerprint density at radius 1 is 1.47 bits per heavy atom. The second-order valence-corrected chi connectivity index (χ2v) is 4.85. The Kier molecular flexibility index (Phi) is 3.21. The van der Waals surface area contributed by atoms with Crippen molar-refractivity contribution in [3.05, 3.63) is 48.3 Å². The number of rotatable bonds is 5. The van der Waals surface area contributed by atoms with E-state index in [9.17, 15) is 9.50 Å². The summed E-state index contributed by atoms with van der Waals surface area (Å²) in [5.74, 6) is -0.294. The zero-order valence-electron chi connectivity index (χ0n) is 10.5. The van der Waals surface area contributed by atoms with Crippen LogP contribution in [0.2, 0.25) is 0 Å². The molecule has 1 aliphatic rings. The van der Waals surface area contributed by atoms with Crippen molar-refractivity contribution in [1.29, 1.82) is 0 Å². The van der Waals surface area contributed by atoms with Crippen LogP contribution in [0.15, 0.2) is 36.8 Å². The Morgan fingerprint density at radius 3 is 3.00 bits per heavy atom. The molecule has 4 nitrogen and oxygen atoms in total. The van der Waals surface area contributed by atoms with Gasteiger partial charge in [-0.05, 0) is 31.0 Å². The summed E-state index contributed by atoms with van der Waals surface area (Å²) in [6, 6.07) is 6.47. The summed E-state index contributed by atoms with van der Waals surface area (Å²) in [4.78, 5) is 4.15. The SMILES string of the molecule is OCC(Nc1cccc(F)c1)c1cncn1C1CC1. The van der Waals surface area contributed by atoms with Crippen LogP contribution in [0.1, 0.15) is 30.6 Å². The first kappa shape index (κ1) is 12.2. The quantitative estimate of drug-likeness (QED) is 0.869. The number of nitrogens with one attached hydrogen (secondary N) is 1. The zero-order valence-corrected chi connectivity index (χ0v) is 10.5. The average Bonchev–Trinajstić information content (AvgIpc) is 3.14. The molecule has 1 atom stereocenters. The summed E-state index contributed by atoms with van der Waals surface area (Å²) in [5, 5.41) is 12.7. The normalized spacial score (nSPS) is 16.3. The van der Waals surface area contributed by atoms with Crippen LogP contribution < -0.4 is 5.32 Å². The molecule has 0 bridgehead atoms. The number of imidazole rings is 1. The number of hydrogen-bond acceptors (Lipinski definition) is 3. The van der Waals surface area contributed by atoms with E-state index in [1.165, 1.54) is 12.1 Å². The summed E-state index contributed by atoms with van der Waals surface area (Å²) >= 11 is 0. The van der Waals surface area contributed by atoms with Crippen molar-refractivity contribution in [3.63, 3.8) is 0 Å². The van der Waals surface area contributed by atoms with Crippen molar-refractivity contribution in [2.45, 2.75) is 24.9 Å². The Morgan fingerprint density at radius 2 is 2.32 bits per heavy atom. The van der Waals surface area contributed by atoms with Crippen molar-refractivity contribution in [1.82, 2.24) is 9.55 Å². The van der Waals surface area contributed by atoms with Gasteiger partial charge < -0.3 is 15.0 Å². The molecule has 1 heterocycles. The number of benzene rings is 1. The molecule has 0 saturated heterocycles. The first-order chi connectivity index (χ1) is 9.28. The molecule has 3 rings (SSSR count). The van der Waals surface area contributed by atoms with Crippen LogP contribution in [0.4, 0.5) is 10.1 Å². The minimum absolute atomic E-state index is 0.0606. The molecule has 100 valence electrons. The highest BCUT2D eigenvalue weighted by Gasteiger charge is 2.27. The van der Waals surface area contributed by atoms with Crippen LogP contribution in [-0.2, 0) is 0 Å². The number of nitrogens with zero attached hydrogens (tertiary/aromatic N) is 2.